The van der Waals surface area contributed by atoms with Crippen molar-refractivity contribution in [1.29, 1.82) is 0 Å². The second-order valence-corrected chi connectivity index (χ2v) is 7.53. The first-order valence-electron chi connectivity index (χ1n) is 10.5. The van der Waals surface area contributed by atoms with Crippen LogP contribution in [0.4, 0.5) is 0 Å². The highest BCUT2D eigenvalue weighted by atomic mass is 16.5. The number of hydrogen-bond acceptors (Lipinski definition) is 6. The molecule has 3 aromatic rings. The van der Waals surface area contributed by atoms with Crippen LogP contribution in [0.25, 0.3) is 11.0 Å². The van der Waals surface area contributed by atoms with E-state index in [0.29, 0.717) is 35.2 Å². The van der Waals surface area contributed by atoms with Crippen LogP contribution in [0.3, 0.4) is 0 Å². The van der Waals surface area contributed by atoms with E-state index in [9.17, 15) is 14.7 Å². The summed E-state index contributed by atoms with van der Waals surface area (Å²) in [5.74, 6) is 0.0608. The minimum absolute atomic E-state index is 0.00367. The van der Waals surface area contributed by atoms with Crippen molar-refractivity contribution in [1.82, 2.24) is 9.80 Å². The van der Waals surface area contributed by atoms with E-state index in [-0.39, 0.29) is 28.6 Å². The smallest absolute Gasteiger partial charge is 0.290 e. The number of fused-ring (bicyclic) bond motifs is 2. The molecule has 1 N–H and O–H groups in total. The third-order valence-electron chi connectivity index (χ3n) is 5.94. The molecule has 1 aromatic heterocycles. The minimum atomic E-state index is -0.617. The highest BCUT2D eigenvalue weighted by Gasteiger charge is 2.42. The first-order chi connectivity index (χ1) is 15.0. The predicted octanol–water partition coefficient (Wildman–Crippen LogP) is 3.39. The summed E-state index contributed by atoms with van der Waals surface area (Å²) in [4.78, 5) is 30.7. The lowest BCUT2D eigenvalue weighted by molar-refractivity contribution is 0.0708. The molecule has 4 rings (SSSR count). The summed E-state index contributed by atoms with van der Waals surface area (Å²) in [5, 5.41) is 10.5. The highest BCUT2D eigenvalue weighted by Crippen LogP contribution is 2.40. The van der Waals surface area contributed by atoms with Gasteiger partial charge < -0.3 is 24.1 Å². The maximum absolute atomic E-state index is 13.4. The van der Waals surface area contributed by atoms with Crippen LogP contribution in [-0.4, -0.2) is 54.1 Å². The van der Waals surface area contributed by atoms with Crippen molar-refractivity contribution in [2.45, 2.75) is 19.9 Å². The van der Waals surface area contributed by atoms with E-state index >= 15 is 0 Å². The van der Waals surface area contributed by atoms with Gasteiger partial charge in [-0.25, -0.2) is 0 Å². The molecule has 0 bridgehead atoms. The zero-order valence-corrected chi connectivity index (χ0v) is 17.9. The van der Waals surface area contributed by atoms with E-state index in [1.54, 1.807) is 41.3 Å². The Kier molecular flexibility index (Phi) is 5.69. The molecule has 0 fully saturated rings. The molecule has 7 heteroatoms. The van der Waals surface area contributed by atoms with E-state index in [4.69, 9.17) is 9.15 Å². The topological polar surface area (TPSA) is 83.2 Å². The zero-order valence-electron chi connectivity index (χ0n) is 17.9. The summed E-state index contributed by atoms with van der Waals surface area (Å²) >= 11 is 0. The molecule has 162 valence electrons. The number of phenols is 1. The van der Waals surface area contributed by atoms with E-state index in [1.807, 2.05) is 0 Å². The first kappa shape index (κ1) is 20.9. The van der Waals surface area contributed by atoms with Crippen LogP contribution in [0.2, 0.25) is 0 Å². The fraction of sp³-hybridized carbons (Fsp3) is 0.333. The lowest BCUT2D eigenvalue weighted by Crippen LogP contribution is -2.37. The SMILES string of the molecule is CCN(CC)CCN1C(=O)c2oc3ccccc3c(=O)c2C1c1ccc(O)c(OC)c1. The molecule has 1 aliphatic heterocycles. The summed E-state index contributed by atoms with van der Waals surface area (Å²) in [7, 11) is 1.46. The van der Waals surface area contributed by atoms with Gasteiger partial charge in [0.2, 0.25) is 5.76 Å². The van der Waals surface area contributed by atoms with E-state index in [1.165, 1.54) is 13.2 Å². The van der Waals surface area contributed by atoms with Crippen LogP contribution in [0.15, 0.2) is 51.7 Å². The first-order valence-corrected chi connectivity index (χ1v) is 10.5. The number of carbonyl (C=O) groups excluding carboxylic acids is 1. The van der Waals surface area contributed by atoms with Crippen LogP contribution in [0.5, 0.6) is 11.5 Å². The number of nitrogens with zero attached hydrogens (tertiary/aromatic N) is 2. The number of benzene rings is 2. The molecule has 1 atom stereocenters. The standard InChI is InChI=1S/C24H26N2O5/c1-4-25(5-2)12-13-26-21(15-10-11-17(27)19(14-15)30-3)20-22(28)16-8-6-7-9-18(16)31-23(20)24(26)29/h6-11,14,21,27H,4-5,12-13H2,1-3H3. The third kappa shape index (κ3) is 3.55. The minimum Gasteiger partial charge on any atom is -0.504 e. The number of methoxy groups -OCH3 is 1. The number of amides is 1. The molecule has 31 heavy (non-hydrogen) atoms. The summed E-state index contributed by atoms with van der Waals surface area (Å²) < 4.78 is 11.2. The van der Waals surface area contributed by atoms with Gasteiger partial charge in [-0.05, 0) is 42.9 Å². The second kappa shape index (κ2) is 8.43. The number of phenolic OH excluding ortho intramolecular Hbond substituents is 1. The van der Waals surface area contributed by atoms with Gasteiger partial charge in [0.15, 0.2) is 16.9 Å². The fourth-order valence-electron chi connectivity index (χ4n) is 4.20. The molecule has 0 saturated carbocycles. The van der Waals surface area contributed by atoms with Gasteiger partial charge in [-0.2, -0.15) is 0 Å². The number of para-hydroxylation sites is 1. The van der Waals surface area contributed by atoms with Crippen LogP contribution < -0.4 is 10.2 Å². The molecular formula is C24H26N2O5. The Morgan fingerprint density at radius 1 is 1.13 bits per heavy atom. The largest absolute Gasteiger partial charge is 0.504 e. The number of aromatic hydroxyl groups is 1. The molecule has 0 saturated heterocycles. The number of likely N-dealkylation sites (N-methyl/N-ethyl adjacent to an activating group) is 1. The van der Waals surface area contributed by atoms with Gasteiger partial charge in [0.05, 0.1) is 24.1 Å². The molecule has 7 nitrogen and oxygen atoms in total. The molecule has 0 radical (unpaired) electrons. The average Bonchev–Trinajstić information content (AvgIpc) is 3.07. The maximum atomic E-state index is 13.4. The van der Waals surface area contributed by atoms with Crippen LogP contribution in [0.1, 0.15) is 41.6 Å². The van der Waals surface area contributed by atoms with Gasteiger partial charge in [-0.15, -0.1) is 0 Å². The molecule has 1 aliphatic rings. The molecule has 1 amide bonds. The Labute approximate surface area is 180 Å². The lowest BCUT2D eigenvalue weighted by Gasteiger charge is -2.28. The monoisotopic (exact) mass is 422 g/mol. The summed E-state index contributed by atoms with van der Waals surface area (Å²) in [5.41, 5.74) is 1.19. The van der Waals surface area contributed by atoms with Crippen molar-refractivity contribution in [2.75, 3.05) is 33.3 Å². The van der Waals surface area contributed by atoms with Crippen molar-refractivity contribution < 1.29 is 19.1 Å². The second-order valence-electron chi connectivity index (χ2n) is 7.53. The van der Waals surface area contributed by atoms with Crippen molar-refractivity contribution in [2.24, 2.45) is 0 Å². The number of hydrogen-bond donors (Lipinski definition) is 1. The van der Waals surface area contributed by atoms with Crippen LogP contribution in [-0.2, 0) is 0 Å². The molecule has 0 aliphatic carbocycles. The predicted molar refractivity (Wildman–Crippen MR) is 118 cm³/mol. The Balaban J connectivity index is 1.88. The van der Waals surface area contributed by atoms with Crippen molar-refractivity contribution in [3.05, 3.63) is 69.6 Å². The molecule has 0 spiro atoms. The van der Waals surface area contributed by atoms with Gasteiger partial charge in [0.25, 0.3) is 5.91 Å². The van der Waals surface area contributed by atoms with Crippen LogP contribution in [0, 0.1) is 0 Å². The van der Waals surface area contributed by atoms with Crippen molar-refractivity contribution >= 4 is 16.9 Å². The Bertz CT molecular complexity index is 1180. The van der Waals surface area contributed by atoms with E-state index in [0.717, 1.165) is 13.1 Å². The molecule has 2 heterocycles. The Hall–Kier alpha value is -3.32. The lowest BCUT2D eigenvalue weighted by atomic mass is 9.98. The number of ether oxygens (including phenoxy) is 1. The zero-order chi connectivity index (χ0) is 22.1. The van der Waals surface area contributed by atoms with Crippen LogP contribution >= 0.6 is 0 Å². The number of carbonyl (C=O) groups is 1. The summed E-state index contributed by atoms with van der Waals surface area (Å²) in [6.45, 7) is 6.99. The van der Waals surface area contributed by atoms with Gasteiger partial charge >= 0.3 is 0 Å². The summed E-state index contributed by atoms with van der Waals surface area (Å²) in [6.07, 6.45) is 0. The average molecular weight is 422 g/mol. The molecule has 1 unspecified atom stereocenters. The van der Waals surface area contributed by atoms with Crippen molar-refractivity contribution in [3.8, 4) is 11.5 Å². The molecule has 2 aromatic carbocycles. The Morgan fingerprint density at radius 2 is 1.87 bits per heavy atom. The quantitative estimate of drug-likeness (QED) is 0.628. The normalized spacial score (nSPS) is 15.7. The van der Waals surface area contributed by atoms with Gasteiger partial charge in [0.1, 0.15) is 5.58 Å². The number of rotatable bonds is 7. The fourth-order valence-corrected chi connectivity index (χ4v) is 4.20. The van der Waals surface area contributed by atoms with E-state index < -0.39 is 6.04 Å². The third-order valence-corrected chi connectivity index (χ3v) is 5.94. The highest BCUT2D eigenvalue weighted by molar-refractivity contribution is 5.99. The molecular weight excluding hydrogens is 396 g/mol. The van der Waals surface area contributed by atoms with Gasteiger partial charge in [-0.1, -0.05) is 32.0 Å². The maximum Gasteiger partial charge on any atom is 0.290 e. The van der Waals surface area contributed by atoms with Gasteiger partial charge in [0, 0.05) is 13.1 Å². The Morgan fingerprint density at radius 3 is 2.58 bits per heavy atom. The van der Waals surface area contributed by atoms with E-state index in [2.05, 4.69) is 18.7 Å². The summed E-state index contributed by atoms with van der Waals surface area (Å²) in [6, 6.07) is 11.2. The van der Waals surface area contributed by atoms with Gasteiger partial charge in [-0.3, -0.25) is 9.59 Å². The van der Waals surface area contributed by atoms with Crippen molar-refractivity contribution in [3.63, 3.8) is 0 Å².